The van der Waals surface area contributed by atoms with Gasteiger partial charge < -0.3 is 10.2 Å². The standard InChI is InChI=1S/C13H12Cl3N3O/c1-2-7-5-8(3-4-9(7)14)20-13-11(16)6-10(15)12(18-13)19-17/h3-6H,2,17H2,1H3,(H,18,19). The van der Waals surface area contributed by atoms with Gasteiger partial charge in [-0.25, -0.2) is 5.84 Å². The molecule has 0 spiro atoms. The predicted molar refractivity (Wildman–Crippen MR) is 83.0 cm³/mol. The van der Waals surface area contributed by atoms with Crippen LogP contribution in [0.15, 0.2) is 24.3 Å². The van der Waals surface area contributed by atoms with E-state index in [2.05, 4.69) is 10.4 Å². The van der Waals surface area contributed by atoms with Crippen molar-refractivity contribution >= 4 is 40.6 Å². The van der Waals surface area contributed by atoms with E-state index in [1.54, 1.807) is 12.1 Å². The summed E-state index contributed by atoms with van der Waals surface area (Å²) in [4.78, 5) is 4.11. The van der Waals surface area contributed by atoms with Crippen LogP contribution in [0.3, 0.4) is 0 Å². The van der Waals surface area contributed by atoms with Crippen LogP contribution in [0.1, 0.15) is 12.5 Å². The third-order valence-corrected chi connectivity index (χ3v) is 3.57. The van der Waals surface area contributed by atoms with Crippen molar-refractivity contribution in [2.45, 2.75) is 13.3 Å². The quantitative estimate of drug-likeness (QED) is 0.630. The lowest BCUT2D eigenvalue weighted by Crippen LogP contribution is -2.09. The number of hydrogen-bond donors (Lipinski definition) is 2. The van der Waals surface area contributed by atoms with Crippen LogP contribution in [0, 0.1) is 0 Å². The van der Waals surface area contributed by atoms with Crippen LogP contribution in [0.5, 0.6) is 11.6 Å². The fourth-order valence-corrected chi connectivity index (χ4v) is 2.32. The van der Waals surface area contributed by atoms with Gasteiger partial charge in [-0.15, -0.1) is 0 Å². The number of halogens is 3. The van der Waals surface area contributed by atoms with Crippen LogP contribution in [0.4, 0.5) is 5.82 Å². The first-order valence-corrected chi connectivity index (χ1v) is 6.97. The number of benzene rings is 1. The molecule has 0 saturated carbocycles. The van der Waals surface area contributed by atoms with Gasteiger partial charge in [-0.2, -0.15) is 4.98 Å². The van der Waals surface area contributed by atoms with E-state index in [1.165, 1.54) is 6.07 Å². The molecule has 1 heterocycles. The van der Waals surface area contributed by atoms with Crippen molar-refractivity contribution in [1.82, 2.24) is 4.98 Å². The summed E-state index contributed by atoms with van der Waals surface area (Å²) in [7, 11) is 0. The first-order chi connectivity index (χ1) is 9.55. The molecule has 0 atom stereocenters. The summed E-state index contributed by atoms with van der Waals surface area (Å²) >= 11 is 18.0. The molecule has 3 N–H and O–H groups in total. The first kappa shape index (κ1) is 15.2. The van der Waals surface area contributed by atoms with Gasteiger partial charge in [-0.3, -0.25) is 0 Å². The second-order valence-electron chi connectivity index (χ2n) is 3.96. The van der Waals surface area contributed by atoms with E-state index in [0.29, 0.717) is 20.8 Å². The molecule has 2 rings (SSSR count). The normalized spacial score (nSPS) is 10.4. The average Bonchev–Trinajstić information content (AvgIpc) is 2.43. The highest BCUT2D eigenvalue weighted by molar-refractivity contribution is 6.36. The zero-order chi connectivity index (χ0) is 14.7. The van der Waals surface area contributed by atoms with Gasteiger partial charge >= 0.3 is 0 Å². The molecule has 0 bridgehead atoms. The molecule has 1 aromatic carbocycles. The number of nitrogens with two attached hydrogens (primary N) is 1. The summed E-state index contributed by atoms with van der Waals surface area (Å²) in [5, 5.41) is 1.30. The molecule has 0 aliphatic carbocycles. The molecule has 0 aliphatic heterocycles. The van der Waals surface area contributed by atoms with Gasteiger partial charge in [0.05, 0.1) is 5.02 Å². The number of nitrogen functional groups attached to an aromatic ring is 1. The van der Waals surface area contributed by atoms with Crippen molar-refractivity contribution in [3.63, 3.8) is 0 Å². The lowest BCUT2D eigenvalue weighted by molar-refractivity contribution is 0.463. The number of aryl methyl sites for hydroxylation is 1. The van der Waals surface area contributed by atoms with E-state index in [9.17, 15) is 0 Å². The van der Waals surface area contributed by atoms with Gasteiger partial charge in [0.15, 0.2) is 5.82 Å². The van der Waals surface area contributed by atoms with Crippen LogP contribution < -0.4 is 16.0 Å². The largest absolute Gasteiger partial charge is 0.437 e. The summed E-state index contributed by atoms with van der Waals surface area (Å²) in [6.07, 6.45) is 0.799. The molecule has 106 valence electrons. The SMILES string of the molecule is CCc1cc(Oc2nc(NN)c(Cl)cc2Cl)ccc1Cl. The summed E-state index contributed by atoms with van der Waals surface area (Å²) in [6, 6.07) is 6.85. The van der Waals surface area contributed by atoms with Crippen LogP contribution in [-0.4, -0.2) is 4.98 Å². The van der Waals surface area contributed by atoms with Gasteiger partial charge in [-0.1, -0.05) is 41.7 Å². The summed E-state index contributed by atoms with van der Waals surface area (Å²) in [6.45, 7) is 2.01. The third kappa shape index (κ3) is 3.27. The Kier molecular flexibility index (Phi) is 4.94. The van der Waals surface area contributed by atoms with Crippen molar-refractivity contribution in [1.29, 1.82) is 0 Å². The van der Waals surface area contributed by atoms with Gasteiger partial charge in [0, 0.05) is 5.02 Å². The molecule has 0 fully saturated rings. The van der Waals surface area contributed by atoms with Crippen LogP contribution in [0.2, 0.25) is 15.1 Å². The Morgan fingerprint density at radius 3 is 2.55 bits per heavy atom. The minimum Gasteiger partial charge on any atom is -0.437 e. The van der Waals surface area contributed by atoms with Crippen molar-refractivity contribution in [2.24, 2.45) is 5.84 Å². The molecule has 1 aromatic heterocycles. The van der Waals surface area contributed by atoms with Gasteiger partial charge in [0.2, 0.25) is 5.88 Å². The minimum absolute atomic E-state index is 0.216. The van der Waals surface area contributed by atoms with Gasteiger partial charge in [0.25, 0.3) is 0 Å². The second-order valence-corrected chi connectivity index (χ2v) is 5.18. The Hall–Kier alpha value is -1.20. The molecule has 7 heteroatoms. The number of ether oxygens (including phenoxy) is 1. The fraction of sp³-hybridized carbons (Fsp3) is 0.154. The molecule has 0 unspecified atom stereocenters. The summed E-state index contributed by atoms with van der Waals surface area (Å²) in [5.41, 5.74) is 3.36. The Balaban J connectivity index is 2.34. The monoisotopic (exact) mass is 331 g/mol. The summed E-state index contributed by atoms with van der Waals surface area (Å²) in [5.74, 6) is 6.41. The van der Waals surface area contributed by atoms with Gasteiger partial charge in [-0.05, 0) is 36.2 Å². The number of hydrazine groups is 1. The van der Waals surface area contributed by atoms with E-state index >= 15 is 0 Å². The number of pyridine rings is 1. The minimum atomic E-state index is 0.216. The molecule has 0 aliphatic rings. The van der Waals surface area contributed by atoms with E-state index in [4.69, 9.17) is 45.4 Å². The maximum Gasteiger partial charge on any atom is 0.240 e. The summed E-state index contributed by atoms with van der Waals surface area (Å²) < 4.78 is 5.65. The number of nitrogens with zero attached hydrogens (tertiary/aromatic N) is 1. The van der Waals surface area contributed by atoms with E-state index in [-0.39, 0.29) is 11.7 Å². The number of rotatable bonds is 4. The zero-order valence-electron chi connectivity index (χ0n) is 10.6. The molecule has 0 amide bonds. The molecule has 2 aromatic rings. The maximum atomic E-state index is 6.06. The molecular weight excluding hydrogens is 321 g/mol. The number of aromatic nitrogens is 1. The first-order valence-electron chi connectivity index (χ1n) is 5.84. The van der Waals surface area contributed by atoms with Crippen LogP contribution >= 0.6 is 34.8 Å². The smallest absolute Gasteiger partial charge is 0.240 e. The highest BCUT2D eigenvalue weighted by Crippen LogP contribution is 2.34. The van der Waals surface area contributed by atoms with Crippen molar-refractivity contribution in [3.05, 3.63) is 44.9 Å². The van der Waals surface area contributed by atoms with Gasteiger partial charge in [0.1, 0.15) is 10.8 Å². The highest BCUT2D eigenvalue weighted by Gasteiger charge is 2.11. The lowest BCUT2D eigenvalue weighted by Gasteiger charge is -2.11. The molecule has 0 saturated heterocycles. The van der Waals surface area contributed by atoms with E-state index in [1.807, 2.05) is 13.0 Å². The molecule has 20 heavy (non-hydrogen) atoms. The Labute approximate surface area is 131 Å². The second kappa shape index (κ2) is 6.50. The van der Waals surface area contributed by atoms with E-state index < -0.39 is 0 Å². The third-order valence-electron chi connectivity index (χ3n) is 2.65. The lowest BCUT2D eigenvalue weighted by atomic mass is 10.1. The Morgan fingerprint density at radius 1 is 1.15 bits per heavy atom. The zero-order valence-corrected chi connectivity index (χ0v) is 12.9. The number of nitrogens with one attached hydrogen (secondary N) is 1. The Bertz CT molecular complexity index is 634. The molecule has 4 nitrogen and oxygen atoms in total. The predicted octanol–water partition coefficient (Wildman–Crippen LogP) is 4.68. The molecular formula is C13H12Cl3N3O. The maximum absolute atomic E-state index is 6.06. The van der Waals surface area contributed by atoms with Crippen molar-refractivity contribution in [2.75, 3.05) is 5.43 Å². The van der Waals surface area contributed by atoms with E-state index in [0.717, 1.165) is 12.0 Å². The average molecular weight is 333 g/mol. The Morgan fingerprint density at radius 2 is 1.90 bits per heavy atom. The van der Waals surface area contributed by atoms with Crippen molar-refractivity contribution in [3.8, 4) is 11.6 Å². The highest BCUT2D eigenvalue weighted by atomic mass is 35.5. The van der Waals surface area contributed by atoms with Crippen LogP contribution in [-0.2, 0) is 6.42 Å². The fourth-order valence-electron chi connectivity index (χ4n) is 1.62. The number of anilines is 1. The van der Waals surface area contributed by atoms with Crippen molar-refractivity contribution < 1.29 is 4.74 Å². The topological polar surface area (TPSA) is 60.2 Å². The van der Waals surface area contributed by atoms with Crippen LogP contribution in [0.25, 0.3) is 0 Å². The molecule has 0 radical (unpaired) electrons. The number of hydrogen-bond acceptors (Lipinski definition) is 4.